The van der Waals surface area contributed by atoms with Crippen molar-refractivity contribution in [3.05, 3.63) is 23.5 Å². The fourth-order valence-electron chi connectivity index (χ4n) is 0.979. The average Bonchev–Trinajstić information content (AvgIpc) is 2.52. The van der Waals surface area contributed by atoms with Gasteiger partial charge in [0.05, 0.1) is 5.88 Å². The zero-order chi connectivity index (χ0) is 8.97. The number of alkyl halides is 1. The standard InChI is InChI=1S/C8H11ClN2O/c9-4-8(12)6-3-7(1-2-10)11-5-6/h3,5,11H,1-2,4,10H2. The van der Waals surface area contributed by atoms with E-state index in [1.807, 2.05) is 0 Å². The Morgan fingerprint density at radius 2 is 2.42 bits per heavy atom. The number of aromatic nitrogens is 1. The lowest BCUT2D eigenvalue weighted by atomic mass is 10.2. The van der Waals surface area contributed by atoms with Crippen LogP contribution < -0.4 is 5.73 Å². The maximum Gasteiger partial charge on any atom is 0.179 e. The first-order valence-electron chi connectivity index (χ1n) is 3.74. The molecule has 12 heavy (non-hydrogen) atoms. The molecule has 0 saturated carbocycles. The van der Waals surface area contributed by atoms with Gasteiger partial charge in [-0.15, -0.1) is 11.6 Å². The van der Waals surface area contributed by atoms with Crippen molar-refractivity contribution in [2.75, 3.05) is 12.4 Å². The molecule has 1 aromatic rings. The number of Topliss-reactive ketones (excluding diaryl/α,β-unsaturated/α-hetero) is 1. The Hall–Kier alpha value is -0.800. The van der Waals surface area contributed by atoms with Crippen molar-refractivity contribution in [1.29, 1.82) is 0 Å². The fourth-order valence-corrected chi connectivity index (χ4v) is 1.13. The highest BCUT2D eigenvalue weighted by Crippen LogP contribution is 2.05. The number of carbonyl (C=O) groups excluding carboxylic acids is 1. The maximum atomic E-state index is 11.0. The van der Waals surface area contributed by atoms with Gasteiger partial charge in [-0.2, -0.15) is 0 Å². The van der Waals surface area contributed by atoms with Gasteiger partial charge in [0, 0.05) is 17.5 Å². The Morgan fingerprint density at radius 3 is 3.00 bits per heavy atom. The van der Waals surface area contributed by atoms with Gasteiger partial charge >= 0.3 is 0 Å². The predicted molar refractivity (Wildman–Crippen MR) is 48.6 cm³/mol. The van der Waals surface area contributed by atoms with Crippen molar-refractivity contribution in [3.63, 3.8) is 0 Å². The van der Waals surface area contributed by atoms with E-state index < -0.39 is 0 Å². The lowest BCUT2D eigenvalue weighted by Gasteiger charge is -1.89. The van der Waals surface area contributed by atoms with Gasteiger partial charge in [0.1, 0.15) is 0 Å². The van der Waals surface area contributed by atoms with E-state index in [-0.39, 0.29) is 11.7 Å². The third-order valence-corrected chi connectivity index (χ3v) is 1.84. The molecule has 0 aliphatic rings. The molecule has 0 fully saturated rings. The first-order valence-corrected chi connectivity index (χ1v) is 4.28. The molecule has 0 aliphatic carbocycles. The van der Waals surface area contributed by atoms with Gasteiger partial charge in [0.15, 0.2) is 5.78 Å². The summed E-state index contributed by atoms with van der Waals surface area (Å²) in [6.07, 6.45) is 2.42. The van der Waals surface area contributed by atoms with E-state index >= 15 is 0 Å². The molecule has 0 aromatic carbocycles. The van der Waals surface area contributed by atoms with Gasteiger partial charge in [0.25, 0.3) is 0 Å². The number of hydrogen-bond acceptors (Lipinski definition) is 2. The molecular weight excluding hydrogens is 176 g/mol. The summed E-state index contributed by atoms with van der Waals surface area (Å²) < 4.78 is 0. The summed E-state index contributed by atoms with van der Waals surface area (Å²) in [4.78, 5) is 14.0. The van der Waals surface area contributed by atoms with Crippen LogP contribution in [0.15, 0.2) is 12.3 Å². The second kappa shape index (κ2) is 4.28. The molecule has 66 valence electrons. The second-order valence-corrected chi connectivity index (χ2v) is 2.78. The molecule has 1 rings (SSSR count). The monoisotopic (exact) mass is 186 g/mol. The molecular formula is C8H11ClN2O. The molecule has 0 spiro atoms. The molecule has 0 aliphatic heterocycles. The number of nitrogens with one attached hydrogen (secondary N) is 1. The zero-order valence-corrected chi connectivity index (χ0v) is 7.40. The normalized spacial score (nSPS) is 10.2. The van der Waals surface area contributed by atoms with Crippen LogP contribution in [0.1, 0.15) is 16.1 Å². The number of carbonyl (C=O) groups is 1. The SMILES string of the molecule is NCCc1cc(C(=O)CCl)c[nH]1. The van der Waals surface area contributed by atoms with Crippen LogP contribution in [0.25, 0.3) is 0 Å². The van der Waals surface area contributed by atoms with Crippen molar-refractivity contribution in [1.82, 2.24) is 4.98 Å². The zero-order valence-electron chi connectivity index (χ0n) is 6.64. The smallest absolute Gasteiger partial charge is 0.179 e. The van der Waals surface area contributed by atoms with Crippen molar-refractivity contribution in [3.8, 4) is 0 Å². The Bertz CT molecular complexity index is 270. The predicted octanol–water partition coefficient (Wildman–Crippen LogP) is 0.937. The number of ketones is 1. The van der Waals surface area contributed by atoms with E-state index in [4.69, 9.17) is 17.3 Å². The number of aromatic amines is 1. The minimum absolute atomic E-state index is 0.0277. The van der Waals surface area contributed by atoms with Crippen LogP contribution in [0, 0.1) is 0 Å². The maximum absolute atomic E-state index is 11.0. The number of nitrogens with two attached hydrogens (primary N) is 1. The molecule has 0 bridgehead atoms. The van der Waals surface area contributed by atoms with Crippen LogP contribution in [0.5, 0.6) is 0 Å². The van der Waals surface area contributed by atoms with E-state index in [0.29, 0.717) is 12.1 Å². The Morgan fingerprint density at radius 1 is 1.67 bits per heavy atom. The van der Waals surface area contributed by atoms with Crippen LogP contribution in [0.2, 0.25) is 0 Å². The summed E-state index contributed by atoms with van der Waals surface area (Å²) >= 11 is 5.38. The van der Waals surface area contributed by atoms with Gasteiger partial charge in [-0.1, -0.05) is 0 Å². The van der Waals surface area contributed by atoms with Crippen molar-refractivity contribution >= 4 is 17.4 Å². The molecule has 0 unspecified atom stereocenters. The number of hydrogen-bond donors (Lipinski definition) is 2. The summed E-state index contributed by atoms with van der Waals surface area (Å²) in [5, 5.41) is 0. The summed E-state index contributed by atoms with van der Waals surface area (Å²) in [6, 6.07) is 1.79. The number of halogens is 1. The Balaban J connectivity index is 2.70. The van der Waals surface area contributed by atoms with Gasteiger partial charge in [0.2, 0.25) is 0 Å². The molecule has 0 amide bonds. The summed E-state index contributed by atoms with van der Waals surface area (Å²) in [5.41, 5.74) is 6.96. The Kier molecular flexibility index (Phi) is 3.31. The van der Waals surface area contributed by atoms with Crippen molar-refractivity contribution in [2.45, 2.75) is 6.42 Å². The summed E-state index contributed by atoms with van der Waals surface area (Å²) in [5.74, 6) is -0.0314. The van der Waals surface area contributed by atoms with Gasteiger partial charge < -0.3 is 10.7 Å². The minimum atomic E-state index is -0.0591. The molecule has 3 N–H and O–H groups in total. The molecule has 0 saturated heterocycles. The molecule has 4 heteroatoms. The third kappa shape index (κ3) is 2.09. The number of H-pyrrole nitrogens is 1. The van der Waals surface area contributed by atoms with E-state index in [9.17, 15) is 4.79 Å². The van der Waals surface area contributed by atoms with Gasteiger partial charge in [-0.05, 0) is 19.0 Å². The van der Waals surface area contributed by atoms with Crippen LogP contribution in [-0.2, 0) is 6.42 Å². The second-order valence-electron chi connectivity index (χ2n) is 2.51. The first kappa shape index (κ1) is 9.29. The van der Waals surface area contributed by atoms with Crippen molar-refractivity contribution < 1.29 is 4.79 Å². The third-order valence-electron chi connectivity index (χ3n) is 1.60. The Labute approximate surface area is 75.9 Å². The van der Waals surface area contributed by atoms with Crippen LogP contribution in [0.3, 0.4) is 0 Å². The van der Waals surface area contributed by atoms with Gasteiger partial charge in [-0.3, -0.25) is 4.79 Å². The average molecular weight is 187 g/mol. The van der Waals surface area contributed by atoms with Gasteiger partial charge in [-0.25, -0.2) is 0 Å². The largest absolute Gasteiger partial charge is 0.364 e. The topological polar surface area (TPSA) is 58.9 Å². The van der Waals surface area contributed by atoms with Crippen LogP contribution in [-0.4, -0.2) is 23.2 Å². The summed E-state index contributed by atoms with van der Waals surface area (Å²) in [7, 11) is 0. The minimum Gasteiger partial charge on any atom is -0.364 e. The highest BCUT2D eigenvalue weighted by molar-refractivity contribution is 6.30. The van der Waals surface area contributed by atoms with Crippen molar-refractivity contribution in [2.24, 2.45) is 5.73 Å². The molecule has 1 heterocycles. The quantitative estimate of drug-likeness (QED) is 0.543. The lowest BCUT2D eigenvalue weighted by molar-refractivity contribution is 0.102. The van der Waals surface area contributed by atoms with E-state index in [0.717, 1.165) is 12.1 Å². The molecule has 0 radical (unpaired) electrons. The van der Waals surface area contributed by atoms with E-state index in [1.54, 1.807) is 12.3 Å². The summed E-state index contributed by atoms with van der Waals surface area (Å²) in [6.45, 7) is 0.578. The fraction of sp³-hybridized carbons (Fsp3) is 0.375. The van der Waals surface area contributed by atoms with E-state index in [1.165, 1.54) is 0 Å². The van der Waals surface area contributed by atoms with Crippen LogP contribution >= 0.6 is 11.6 Å². The molecule has 0 atom stereocenters. The first-order chi connectivity index (χ1) is 5.77. The van der Waals surface area contributed by atoms with E-state index in [2.05, 4.69) is 4.98 Å². The number of rotatable bonds is 4. The highest BCUT2D eigenvalue weighted by atomic mass is 35.5. The highest BCUT2D eigenvalue weighted by Gasteiger charge is 2.05. The lowest BCUT2D eigenvalue weighted by Crippen LogP contribution is -2.02. The van der Waals surface area contributed by atoms with Crippen LogP contribution in [0.4, 0.5) is 0 Å². The molecule has 1 aromatic heterocycles. The molecule has 3 nitrogen and oxygen atoms in total.